The Kier molecular flexibility index (Phi) is 6.59. The number of para-hydroxylation sites is 3. The van der Waals surface area contributed by atoms with Crippen LogP contribution in [0.15, 0.2) is 120 Å². The van der Waals surface area contributed by atoms with Gasteiger partial charge in [-0.2, -0.15) is 29.2 Å². The number of hydrogen-bond acceptors (Lipinski definition) is 5. The summed E-state index contributed by atoms with van der Waals surface area (Å²) < 4.78 is 21.6. The van der Waals surface area contributed by atoms with Crippen molar-refractivity contribution in [3.63, 3.8) is 0 Å². The van der Waals surface area contributed by atoms with E-state index in [-0.39, 0.29) is 21.1 Å². The molecular weight excluding hydrogens is 754 g/mol. The van der Waals surface area contributed by atoms with Gasteiger partial charge >= 0.3 is 21.1 Å². The van der Waals surface area contributed by atoms with E-state index in [0.29, 0.717) is 29.0 Å². The fourth-order valence-electron chi connectivity index (χ4n) is 6.39. The number of pyridine rings is 2. The molecule has 0 amide bonds. The largest absolute Gasteiger partial charge is 2.00 e. The van der Waals surface area contributed by atoms with Gasteiger partial charge in [-0.3, -0.25) is 4.98 Å². The molecule has 6 nitrogen and oxygen atoms in total. The van der Waals surface area contributed by atoms with Crippen molar-refractivity contribution in [1.29, 1.82) is 0 Å². The Labute approximate surface area is 279 Å². The molecule has 0 saturated carbocycles. The molecule has 0 bridgehead atoms. The van der Waals surface area contributed by atoms with E-state index in [9.17, 15) is 0 Å². The van der Waals surface area contributed by atoms with Gasteiger partial charge in [-0.05, 0) is 43.5 Å². The molecule has 0 fully saturated rings. The number of ether oxygens (including phenoxy) is 2. The second kappa shape index (κ2) is 10.7. The fourth-order valence-corrected chi connectivity index (χ4v) is 6.39. The zero-order valence-electron chi connectivity index (χ0n) is 24.9. The third-order valence-corrected chi connectivity index (χ3v) is 8.55. The maximum absolute atomic E-state index is 6.65. The first-order chi connectivity index (χ1) is 22.1. The summed E-state index contributed by atoms with van der Waals surface area (Å²) >= 11 is 0. The molecule has 0 N–H and O–H groups in total. The molecule has 7 heteroatoms. The van der Waals surface area contributed by atoms with Crippen LogP contribution in [0.5, 0.6) is 23.3 Å². The zero-order chi connectivity index (χ0) is 30.1. The van der Waals surface area contributed by atoms with Gasteiger partial charge in [0, 0.05) is 28.9 Å². The van der Waals surface area contributed by atoms with E-state index < -0.39 is 5.41 Å². The van der Waals surface area contributed by atoms with Crippen molar-refractivity contribution >= 4 is 32.8 Å². The third-order valence-electron chi connectivity index (χ3n) is 8.55. The first-order valence-corrected chi connectivity index (χ1v) is 14.8. The average molecular weight is 779 g/mol. The van der Waals surface area contributed by atoms with Crippen LogP contribution in [-0.2, 0) is 26.5 Å². The van der Waals surface area contributed by atoms with Crippen LogP contribution in [0.3, 0.4) is 0 Å². The quantitative estimate of drug-likeness (QED) is 0.167. The number of rotatable bonds is 4. The Balaban J connectivity index is 0.00000312. The SMILES string of the molecule is CC1(C)c2cc(Oc3cccc(-n4c5[c-]cccc5c5ccccc54)n3)nc(-c3[c-]cccc3)c2Oc2c1oc1ccccc21.[Pt+2]. The van der Waals surface area contributed by atoms with E-state index >= 15 is 0 Å². The summed E-state index contributed by atoms with van der Waals surface area (Å²) in [4.78, 5) is 9.93. The molecule has 0 spiro atoms. The van der Waals surface area contributed by atoms with Crippen molar-refractivity contribution in [3.05, 3.63) is 139 Å². The van der Waals surface area contributed by atoms with Crippen LogP contribution >= 0.6 is 0 Å². The molecule has 0 atom stereocenters. The van der Waals surface area contributed by atoms with Crippen LogP contribution in [-0.4, -0.2) is 14.5 Å². The van der Waals surface area contributed by atoms with Gasteiger partial charge in [-0.1, -0.05) is 41.9 Å². The van der Waals surface area contributed by atoms with Gasteiger partial charge in [0.05, 0.1) is 10.8 Å². The number of hydrogen-bond donors (Lipinski definition) is 0. The molecule has 1 aliphatic rings. The van der Waals surface area contributed by atoms with Crippen molar-refractivity contribution in [2.75, 3.05) is 0 Å². The normalized spacial score (nSPS) is 13.2. The van der Waals surface area contributed by atoms with E-state index in [1.807, 2.05) is 91.0 Å². The van der Waals surface area contributed by atoms with Crippen LogP contribution in [0.4, 0.5) is 0 Å². The Bertz CT molecular complexity index is 2370. The standard InChI is InChI=1S/C39H25N3O3.Pt/c1-39(2)28-23-34(41-35(24-13-4-3-5-14-24)37(28)45-36-27-17-8-11-20-31(27)43-38(36)39)44-33-22-12-21-32(40-33)42-29-18-9-6-15-25(29)26-16-7-10-19-30(26)42;/h3-13,15-18,20-23H,1-2H3;/q-2;+2. The summed E-state index contributed by atoms with van der Waals surface area (Å²) in [6.45, 7) is 4.27. The Morgan fingerprint density at radius 3 is 2.37 bits per heavy atom. The maximum atomic E-state index is 6.65. The Morgan fingerprint density at radius 1 is 0.717 bits per heavy atom. The molecule has 8 aromatic rings. The summed E-state index contributed by atoms with van der Waals surface area (Å²) in [5.41, 5.74) is 4.59. The number of nitrogens with zero attached hydrogens (tertiary/aromatic N) is 3. The predicted octanol–water partition coefficient (Wildman–Crippen LogP) is 9.81. The first-order valence-electron chi connectivity index (χ1n) is 14.8. The molecular formula is C39H25N3O3Pt. The minimum absolute atomic E-state index is 0. The van der Waals surface area contributed by atoms with Crippen molar-refractivity contribution in [1.82, 2.24) is 14.5 Å². The van der Waals surface area contributed by atoms with Gasteiger partial charge in [0.2, 0.25) is 11.8 Å². The molecule has 0 aliphatic carbocycles. The summed E-state index contributed by atoms with van der Waals surface area (Å²) in [7, 11) is 0. The molecule has 4 aromatic heterocycles. The second-order valence-electron chi connectivity index (χ2n) is 11.7. The van der Waals surface area contributed by atoms with Gasteiger partial charge in [-0.15, -0.1) is 41.3 Å². The number of aromatic nitrogens is 3. The predicted molar refractivity (Wildman–Crippen MR) is 174 cm³/mol. The van der Waals surface area contributed by atoms with E-state index in [1.165, 1.54) is 0 Å². The van der Waals surface area contributed by atoms with Crippen LogP contribution < -0.4 is 9.47 Å². The maximum Gasteiger partial charge on any atom is 2.00 e. The molecule has 1 aliphatic heterocycles. The summed E-state index contributed by atoms with van der Waals surface area (Å²) in [6.07, 6.45) is 0. The zero-order valence-corrected chi connectivity index (χ0v) is 27.1. The van der Waals surface area contributed by atoms with Crippen molar-refractivity contribution < 1.29 is 35.0 Å². The summed E-state index contributed by atoms with van der Waals surface area (Å²) in [5.74, 6) is 3.69. The molecule has 46 heavy (non-hydrogen) atoms. The Morgan fingerprint density at radius 2 is 1.50 bits per heavy atom. The minimum Gasteiger partial charge on any atom is -0.460 e. The summed E-state index contributed by atoms with van der Waals surface area (Å²) in [5, 5.41) is 3.19. The second-order valence-corrected chi connectivity index (χ2v) is 11.7. The smallest absolute Gasteiger partial charge is 0.460 e. The molecule has 0 saturated heterocycles. The third kappa shape index (κ3) is 4.28. The van der Waals surface area contributed by atoms with E-state index in [2.05, 4.69) is 54.8 Å². The topological polar surface area (TPSA) is 62.3 Å². The number of fused-ring (bicyclic) bond motifs is 7. The van der Waals surface area contributed by atoms with E-state index in [1.54, 1.807) is 0 Å². The number of furan rings is 1. The van der Waals surface area contributed by atoms with Gasteiger partial charge in [-0.25, -0.2) is 0 Å². The molecule has 4 aromatic carbocycles. The Hall–Kier alpha value is -5.19. The van der Waals surface area contributed by atoms with Gasteiger partial charge in [0.1, 0.15) is 17.2 Å². The average Bonchev–Trinajstić information content (AvgIpc) is 3.62. The van der Waals surface area contributed by atoms with Crippen LogP contribution in [0.2, 0.25) is 0 Å². The van der Waals surface area contributed by atoms with Gasteiger partial charge in [0.25, 0.3) is 0 Å². The minimum atomic E-state index is -0.541. The van der Waals surface area contributed by atoms with Crippen LogP contribution in [0.1, 0.15) is 25.2 Å². The van der Waals surface area contributed by atoms with Gasteiger partial charge in [0.15, 0.2) is 11.5 Å². The molecule has 224 valence electrons. The first kappa shape index (κ1) is 28.3. The van der Waals surface area contributed by atoms with Crippen molar-refractivity contribution in [2.45, 2.75) is 19.3 Å². The van der Waals surface area contributed by atoms with Crippen LogP contribution in [0.25, 0.3) is 49.9 Å². The van der Waals surface area contributed by atoms with Crippen molar-refractivity contribution in [3.8, 4) is 40.3 Å². The van der Waals surface area contributed by atoms with E-state index in [4.69, 9.17) is 23.9 Å². The van der Waals surface area contributed by atoms with E-state index in [0.717, 1.165) is 55.5 Å². The monoisotopic (exact) mass is 778 g/mol. The van der Waals surface area contributed by atoms with Crippen molar-refractivity contribution in [2.24, 2.45) is 0 Å². The van der Waals surface area contributed by atoms with Gasteiger partial charge < -0.3 is 18.5 Å². The molecule has 0 radical (unpaired) electrons. The molecule has 5 heterocycles. The number of benzene rings is 4. The fraction of sp³-hybridized carbons (Fsp3) is 0.0769. The summed E-state index contributed by atoms with van der Waals surface area (Å²) in [6, 6.07) is 44.5. The molecule has 0 unspecified atom stereocenters. The molecule has 9 rings (SSSR count). The van der Waals surface area contributed by atoms with Crippen LogP contribution in [0, 0.1) is 12.1 Å².